The zero-order valence-electron chi connectivity index (χ0n) is 20.9. The minimum absolute atomic E-state index is 0.363. The van der Waals surface area contributed by atoms with Crippen LogP contribution in [-0.4, -0.2) is 38.0 Å². The number of pyridine rings is 1. The second-order valence-electron chi connectivity index (χ2n) is 9.05. The lowest BCUT2D eigenvalue weighted by Crippen LogP contribution is -2.25. The molecule has 6 heteroatoms. The fraction of sp³-hybridized carbons (Fsp3) is 0.310. The number of rotatable bonds is 11. The van der Waals surface area contributed by atoms with Crippen molar-refractivity contribution < 1.29 is 5.11 Å². The second kappa shape index (κ2) is 11.7. The van der Waals surface area contributed by atoms with Crippen LogP contribution in [0.2, 0.25) is 0 Å². The molecule has 35 heavy (non-hydrogen) atoms. The summed E-state index contributed by atoms with van der Waals surface area (Å²) in [5.41, 5.74) is 7.22. The van der Waals surface area contributed by atoms with Gasteiger partial charge < -0.3 is 15.4 Å². The predicted molar refractivity (Wildman–Crippen MR) is 143 cm³/mol. The van der Waals surface area contributed by atoms with Gasteiger partial charge in [-0.15, -0.1) is 0 Å². The van der Waals surface area contributed by atoms with Crippen molar-refractivity contribution in [2.45, 2.75) is 46.6 Å². The summed E-state index contributed by atoms with van der Waals surface area (Å²) in [7, 11) is 0. The third-order valence-corrected chi connectivity index (χ3v) is 6.00. The molecule has 3 N–H and O–H groups in total. The van der Waals surface area contributed by atoms with Crippen LogP contribution in [0.25, 0.3) is 11.3 Å². The highest BCUT2D eigenvalue weighted by Gasteiger charge is 2.11. The molecule has 0 bridgehead atoms. The molecule has 182 valence electrons. The van der Waals surface area contributed by atoms with E-state index >= 15 is 0 Å². The molecular weight excluding hydrogens is 434 g/mol. The normalized spacial score (nSPS) is 11.2. The third kappa shape index (κ3) is 6.70. The van der Waals surface area contributed by atoms with E-state index in [0.717, 1.165) is 77.8 Å². The maximum absolute atomic E-state index is 10.4. The quantitative estimate of drug-likeness (QED) is 0.236. The van der Waals surface area contributed by atoms with Crippen molar-refractivity contribution in [1.82, 2.24) is 19.9 Å². The Balaban J connectivity index is 1.42. The van der Waals surface area contributed by atoms with Crippen LogP contribution in [0, 0.1) is 6.92 Å². The van der Waals surface area contributed by atoms with Crippen LogP contribution in [0.15, 0.2) is 67.0 Å². The predicted octanol–water partition coefficient (Wildman–Crippen LogP) is 6.44. The number of benzene rings is 2. The van der Waals surface area contributed by atoms with Crippen LogP contribution in [0.3, 0.4) is 0 Å². The molecule has 0 radical (unpaired) electrons. The number of nitrogens with one attached hydrogen (secondary N) is 2. The van der Waals surface area contributed by atoms with Crippen molar-refractivity contribution >= 4 is 11.4 Å². The van der Waals surface area contributed by atoms with Crippen molar-refractivity contribution in [3.63, 3.8) is 0 Å². The van der Waals surface area contributed by atoms with Gasteiger partial charge in [0, 0.05) is 41.8 Å². The zero-order valence-corrected chi connectivity index (χ0v) is 20.9. The fourth-order valence-corrected chi connectivity index (χ4v) is 4.33. The van der Waals surface area contributed by atoms with Gasteiger partial charge >= 0.3 is 0 Å². The molecule has 2 aromatic carbocycles. The standard InChI is InChI=1S/C29H35N5O/c1-4-14-34(15-5-2)20-24-17-22(6-11-28(24)35)18-29-31-19-27(33-29)23-7-9-25(10-8-23)32-26-12-13-30-21(3)16-26/h6-13,16-17,19,35H,4-5,14-15,18,20H2,1-3H3,(H,30,32)(H,31,33). The largest absolute Gasteiger partial charge is 0.508 e. The van der Waals surface area contributed by atoms with Gasteiger partial charge in [-0.05, 0) is 74.3 Å². The van der Waals surface area contributed by atoms with E-state index < -0.39 is 0 Å². The van der Waals surface area contributed by atoms with Crippen molar-refractivity contribution in [3.8, 4) is 17.0 Å². The number of phenolic OH excluding ortho intramolecular Hbond substituents is 1. The number of imidazole rings is 1. The van der Waals surface area contributed by atoms with Gasteiger partial charge in [0.1, 0.15) is 11.6 Å². The van der Waals surface area contributed by atoms with Crippen molar-refractivity contribution in [2.75, 3.05) is 18.4 Å². The van der Waals surface area contributed by atoms with Crippen LogP contribution < -0.4 is 5.32 Å². The first-order valence-electron chi connectivity index (χ1n) is 12.4. The molecule has 2 heterocycles. The zero-order chi connectivity index (χ0) is 24.6. The average molecular weight is 470 g/mol. The summed E-state index contributed by atoms with van der Waals surface area (Å²) in [5.74, 6) is 1.27. The number of H-pyrrole nitrogens is 1. The molecule has 0 atom stereocenters. The Kier molecular flexibility index (Phi) is 8.16. The Hall–Kier alpha value is -3.64. The van der Waals surface area contributed by atoms with Gasteiger partial charge in [0.15, 0.2) is 0 Å². The lowest BCUT2D eigenvalue weighted by Gasteiger charge is -2.21. The van der Waals surface area contributed by atoms with Gasteiger partial charge in [-0.2, -0.15) is 0 Å². The van der Waals surface area contributed by atoms with Gasteiger partial charge in [0.2, 0.25) is 0 Å². The van der Waals surface area contributed by atoms with Gasteiger partial charge in [-0.25, -0.2) is 4.98 Å². The van der Waals surface area contributed by atoms with Crippen LogP contribution in [0.4, 0.5) is 11.4 Å². The highest BCUT2D eigenvalue weighted by atomic mass is 16.3. The highest BCUT2D eigenvalue weighted by molar-refractivity contribution is 5.66. The first-order chi connectivity index (χ1) is 17.0. The number of nitrogens with zero attached hydrogens (tertiary/aromatic N) is 3. The smallest absolute Gasteiger partial charge is 0.120 e. The summed E-state index contributed by atoms with van der Waals surface area (Å²) in [6.45, 7) is 9.21. The van der Waals surface area contributed by atoms with E-state index in [0.29, 0.717) is 12.2 Å². The molecule has 4 rings (SSSR count). The minimum Gasteiger partial charge on any atom is -0.508 e. The van der Waals surface area contributed by atoms with Gasteiger partial charge in [-0.3, -0.25) is 9.88 Å². The number of aromatic hydroxyl groups is 1. The number of aromatic amines is 1. The van der Waals surface area contributed by atoms with E-state index in [9.17, 15) is 5.11 Å². The summed E-state index contributed by atoms with van der Waals surface area (Å²) >= 11 is 0. The molecule has 0 aliphatic rings. The van der Waals surface area contributed by atoms with Crippen LogP contribution in [-0.2, 0) is 13.0 Å². The lowest BCUT2D eigenvalue weighted by atomic mass is 10.1. The molecule has 0 fully saturated rings. The molecule has 0 aliphatic carbocycles. The first-order valence-corrected chi connectivity index (χ1v) is 12.4. The van der Waals surface area contributed by atoms with Gasteiger partial charge in [0.25, 0.3) is 0 Å². The number of anilines is 2. The Morgan fingerprint density at radius 1 is 0.914 bits per heavy atom. The Morgan fingerprint density at radius 2 is 1.69 bits per heavy atom. The number of aromatic nitrogens is 3. The summed E-state index contributed by atoms with van der Waals surface area (Å²) < 4.78 is 0. The number of phenols is 1. The van der Waals surface area contributed by atoms with E-state index in [1.165, 1.54) is 0 Å². The molecule has 2 aromatic heterocycles. The van der Waals surface area contributed by atoms with Crippen LogP contribution in [0.1, 0.15) is 49.3 Å². The van der Waals surface area contributed by atoms with Crippen molar-refractivity contribution in [1.29, 1.82) is 0 Å². The lowest BCUT2D eigenvalue weighted by molar-refractivity contribution is 0.262. The van der Waals surface area contributed by atoms with E-state index in [-0.39, 0.29) is 0 Å². The molecule has 4 aromatic rings. The Morgan fingerprint density at radius 3 is 2.40 bits per heavy atom. The minimum atomic E-state index is 0.363. The SMILES string of the molecule is CCCN(CCC)Cc1cc(Cc2ncc(-c3ccc(Nc4ccnc(C)c4)cc3)[nH]2)ccc1O. The summed E-state index contributed by atoms with van der Waals surface area (Å²) in [6, 6.07) is 18.2. The number of hydrogen-bond donors (Lipinski definition) is 3. The van der Waals surface area contributed by atoms with E-state index in [1.54, 1.807) is 6.07 Å². The van der Waals surface area contributed by atoms with E-state index in [1.807, 2.05) is 37.5 Å². The van der Waals surface area contributed by atoms with Crippen LogP contribution in [0.5, 0.6) is 5.75 Å². The van der Waals surface area contributed by atoms with Crippen molar-refractivity contribution in [3.05, 3.63) is 89.6 Å². The molecule has 0 spiro atoms. The molecule has 0 saturated carbocycles. The fourth-order valence-electron chi connectivity index (χ4n) is 4.33. The molecule has 6 nitrogen and oxygen atoms in total. The Bertz CT molecular complexity index is 1230. The average Bonchev–Trinajstić information content (AvgIpc) is 3.30. The summed E-state index contributed by atoms with van der Waals surface area (Å²) in [4.78, 5) is 14.7. The first kappa shape index (κ1) is 24.5. The summed E-state index contributed by atoms with van der Waals surface area (Å²) in [5, 5.41) is 13.8. The van der Waals surface area contributed by atoms with E-state index in [2.05, 4.69) is 69.3 Å². The van der Waals surface area contributed by atoms with E-state index in [4.69, 9.17) is 0 Å². The maximum Gasteiger partial charge on any atom is 0.120 e. The van der Waals surface area contributed by atoms with Crippen LogP contribution >= 0.6 is 0 Å². The molecular formula is C29H35N5O. The third-order valence-electron chi connectivity index (χ3n) is 6.00. The maximum atomic E-state index is 10.4. The van der Waals surface area contributed by atoms with Gasteiger partial charge in [-0.1, -0.05) is 38.1 Å². The second-order valence-corrected chi connectivity index (χ2v) is 9.05. The summed E-state index contributed by atoms with van der Waals surface area (Å²) in [6.07, 6.45) is 6.60. The van der Waals surface area contributed by atoms with Crippen molar-refractivity contribution in [2.24, 2.45) is 0 Å². The van der Waals surface area contributed by atoms with Gasteiger partial charge in [0.05, 0.1) is 11.9 Å². The molecule has 0 aliphatic heterocycles. The molecule has 0 amide bonds. The Labute approximate surface area is 208 Å². The highest BCUT2D eigenvalue weighted by Crippen LogP contribution is 2.25. The number of aryl methyl sites for hydroxylation is 1. The topological polar surface area (TPSA) is 77.1 Å². The monoisotopic (exact) mass is 469 g/mol. The molecule has 0 saturated heterocycles. The number of hydrogen-bond acceptors (Lipinski definition) is 5. The molecule has 0 unspecified atom stereocenters.